The molecule has 1 rings (SSSR count). The average Bonchev–Trinajstić information content (AvgIpc) is 2.30. The Kier molecular flexibility index (Phi) is 11.9. The van der Waals surface area contributed by atoms with Gasteiger partial charge in [0.15, 0.2) is 0 Å². The minimum absolute atomic E-state index is 0. The maximum absolute atomic E-state index is 9.60. The zero-order chi connectivity index (χ0) is 12.6. The number of carbonyl (C=O) groups is 1. The predicted molar refractivity (Wildman–Crippen MR) is 70.2 cm³/mol. The summed E-state index contributed by atoms with van der Waals surface area (Å²) in [5, 5.41) is 7.89. The van der Waals surface area contributed by atoms with Crippen LogP contribution < -0.4 is 51.4 Å². The van der Waals surface area contributed by atoms with Crippen molar-refractivity contribution in [1.82, 2.24) is 0 Å². The third kappa shape index (κ3) is 9.27. The number of carboxylic acids is 1. The molecule has 17 heavy (non-hydrogen) atoms. The second-order valence-corrected chi connectivity index (χ2v) is 3.16. The minimum atomic E-state index is -0.935. The first-order valence-electron chi connectivity index (χ1n) is 4.75. The minimum Gasteiger partial charge on any atom is -1.00 e. The molecule has 0 atom stereocenters. The monoisotopic (exact) mass is 256 g/mol. The first-order chi connectivity index (χ1) is 7.51. The van der Waals surface area contributed by atoms with Gasteiger partial charge in [-0.05, 0) is 18.1 Å². The molecule has 0 bridgehead atoms. The van der Waals surface area contributed by atoms with E-state index in [-0.39, 0.29) is 58.4 Å². The topological polar surface area (TPSA) is 37.3 Å². The fourth-order valence-corrected chi connectivity index (χ4v) is 0.768. The Balaban J connectivity index is -0.000000250. The Morgan fingerprint density at radius 2 is 1.41 bits per heavy atom. The molecule has 1 aromatic rings. The normalized spacial score (nSPS) is 7.82. The number of hydrogen-bond acceptors (Lipinski definition) is 1. The number of benzene rings is 1. The first kappa shape index (κ1) is 18.9. The van der Waals surface area contributed by atoms with Gasteiger partial charge in [-0.1, -0.05) is 56.2 Å². The van der Waals surface area contributed by atoms with Crippen molar-refractivity contribution in [1.29, 1.82) is 0 Å². The molecule has 86 valence electrons. The van der Waals surface area contributed by atoms with Gasteiger partial charge in [0.1, 0.15) is 0 Å². The largest absolute Gasteiger partial charge is 1.00 e. The van der Waals surface area contributed by atoms with Gasteiger partial charge >= 0.3 is 57.4 Å². The van der Waals surface area contributed by atoms with Crippen LogP contribution in [0.5, 0.6) is 0 Å². The van der Waals surface area contributed by atoms with E-state index in [0.717, 1.165) is 11.1 Å². The van der Waals surface area contributed by atoms with Crippen molar-refractivity contribution in [2.75, 3.05) is 0 Å². The average molecular weight is 256 g/mol. The molecule has 0 heterocycles. The van der Waals surface area contributed by atoms with Gasteiger partial charge in [-0.15, -0.1) is 0 Å². The second-order valence-electron chi connectivity index (χ2n) is 3.16. The Labute approximate surface area is 147 Å². The molecule has 3 heteroatoms. The fourth-order valence-electron chi connectivity index (χ4n) is 0.768. The number of rotatable bonds is 3. The predicted octanol–water partition coefficient (Wildman–Crippen LogP) is 0.736. The molecule has 0 aromatic heterocycles. The van der Waals surface area contributed by atoms with Crippen molar-refractivity contribution in [3.63, 3.8) is 0 Å². The number of hydrogen-bond donors (Lipinski definition) is 1. The number of carboxylic acid groups (broad SMARTS) is 1. The summed E-state index contributed by atoms with van der Waals surface area (Å²) >= 11 is 0. The van der Waals surface area contributed by atoms with E-state index >= 15 is 0 Å². The SMILES string of the molecule is C=C(C)C(=O)O.C=Cc1ccc(C=C)cc1.[H-].[K+]. The second kappa shape index (κ2) is 10.7. The maximum atomic E-state index is 9.60. The molecular weight excluding hydrogens is 239 g/mol. The van der Waals surface area contributed by atoms with Crippen molar-refractivity contribution in [3.05, 3.63) is 60.7 Å². The maximum Gasteiger partial charge on any atom is 1.00 e. The van der Waals surface area contributed by atoms with Crippen molar-refractivity contribution in [2.45, 2.75) is 6.92 Å². The van der Waals surface area contributed by atoms with Crippen LogP contribution >= 0.6 is 0 Å². The van der Waals surface area contributed by atoms with Gasteiger partial charge in [-0.2, -0.15) is 0 Å². The zero-order valence-electron chi connectivity index (χ0n) is 11.4. The first-order valence-corrected chi connectivity index (χ1v) is 4.75. The van der Waals surface area contributed by atoms with E-state index in [1.807, 2.05) is 36.4 Å². The fraction of sp³-hybridized carbons (Fsp3) is 0.0714. The molecule has 1 N–H and O–H groups in total. The van der Waals surface area contributed by atoms with Crippen LogP contribution in [0.3, 0.4) is 0 Å². The Morgan fingerprint density at radius 1 is 1.18 bits per heavy atom. The molecular formula is C14H17KO2. The summed E-state index contributed by atoms with van der Waals surface area (Å²) in [4.78, 5) is 9.60. The number of aliphatic carboxylic acids is 1. The molecule has 0 radical (unpaired) electrons. The molecule has 0 aliphatic rings. The van der Waals surface area contributed by atoms with Gasteiger partial charge in [-0.25, -0.2) is 4.79 Å². The Bertz CT molecular complexity index is 358. The van der Waals surface area contributed by atoms with E-state index in [2.05, 4.69) is 19.7 Å². The molecule has 0 saturated carbocycles. The van der Waals surface area contributed by atoms with E-state index in [4.69, 9.17) is 5.11 Å². The van der Waals surface area contributed by atoms with Crippen LogP contribution in [-0.4, -0.2) is 11.1 Å². The molecule has 0 saturated heterocycles. The summed E-state index contributed by atoms with van der Waals surface area (Å²) in [5.41, 5.74) is 2.46. The molecule has 0 spiro atoms. The van der Waals surface area contributed by atoms with Gasteiger partial charge < -0.3 is 6.53 Å². The molecule has 0 aliphatic heterocycles. The van der Waals surface area contributed by atoms with Gasteiger partial charge in [0.2, 0.25) is 0 Å². The summed E-state index contributed by atoms with van der Waals surface area (Å²) < 4.78 is 0. The van der Waals surface area contributed by atoms with Gasteiger partial charge in [-0.3, -0.25) is 0 Å². The molecule has 0 amide bonds. The third-order valence-corrected chi connectivity index (χ3v) is 1.77. The summed E-state index contributed by atoms with van der Waals surface area (Å²) in [7, 11) is 0. The third-order valence-electron chi connectivity index (χ3n) is 1.77. The van der Waals surface area contributed by atoms with Crippen molar-refractivity contribution >= 4 is 18.1 Å². The molecule has 0 unspecified atom stereocenters. The van der Waals surface area contributed by atoms with Crippen molar-refractivity contribution in [2.24, 2.45) is 0 Å². The van der Waals surface area contributed by atoms with E-state index in [9.17, 15) is 4.79 Å². The summed E-state index contributed by atoms with van der Waals surface area (Å²) in [5.74, 6) is -0.935. The van der Waals surface area contributed by atoms with E-state index < -0.39 is 5.97 Å². The van der Waals surface area contributed by atoms with Crippen LogP contribution in [0, 0.1) is 0 Å². The molecule has 1 aromatic carbocycles. The summed E-state index contributed by atoms with van der Waals surface area (Å²) in [6.45, 7) is 11.9. The van der Waals surface area contributed by atoms with Crippen LogP contribution in [0.2, 0.25) is 0 Å². The standard InChI is InChI=1S/C10H10.C4H6O2.K.H/c1-3-9-5-7-10(4-2)8-6-9;1-3(2)4(5)6;;/h3-8H,1-2H2;1H2,2H3,(H,5,6);;/q;;+1;-1. The van der Waals surface area contributed by atoms with Crippen molar-refractivity contribution < 1.29 is 62.7 Å². The Morgan fingerprint density at radius 3 is 1.53 bits per heavy atom. The zero-order valence-corrected chi connectivity index (χ0v) is 13.6. The van der Waals surface area contributed by atoms with Crippen molar-refractivity contribution in [3.8, 4) is 0 Å². The van der Waals surface area contributed by atoms with E-state index in [1.165, 1.54) is 6.92 Å². The van der Waals surface area contributed by atoms with Crippen LogP contribution in [0.15, 0.2) is 49.6 Å². The quantitative estimate of drug-likeness (QED) is 0.640. The van der Waals surface area contributed by atoms with E-state index in [0.29, 0.717) is 0 Å². The van der Waals surface area contributed by atoms with Gasteiger partial charge in [0, 0.05) is 5.57 Å². The van der Waals surface area contributed by atoms with Crippen LogP contribution in [-0.2, 0) is 4.79 Å². The van der Waals surface area contributed by atoms with Crippen LogP contribution in [0.25, 0.3) is 12.2 Å². The molecule has 2 nitrogen and oxygen atoms in total. The Hall–Kier alpha value is -0.454. The smallest absolute Gasteiger partial charge is 1.00 e. The summed E-state index contributed by atoms with van der Waals surface area (Å²) in [6, 6.07) is 8.07. The summed E-state index contributed by atoms with van der Waals surface area (Å²) in [6.07, 6.45) is 3.65. The van der Waals surface area contributed by atoms with Crippen LogP contribution in [0.4, 0.5) is 0 Å². The van der Waals surface area contributed by atoms with Crippen LogP contribution in [0.1, 0.15) is 19.5 Å². The molecule has 0 fully saturated rings. The van der Waals surface area contributed by atoms with E-state index in [1.54, 1.807) is 0 Å². The molecule has 0 aliphatic carbocycles. The van der Waals surface area contributed by atoms with Gasteiger partial charge in [0.25, 0.3) is 0 Å². The van der Waals surface area contributed by atoms with Gasteiger partial charge in [0.05, 0.1) is 0 Å².